The Hall–Kier alpha value is -3.04. The van der Waals surface area contributed by atoms with Crippen LogP contribution < -0.4 is 0 Å². The number of alkyl halides is 6. The quantitative estimate of drug-likeness (QED) is 0.516. The number of nitrogens with zero attached hydrogens (tertiary/aromatic N) is 2. The minimum Gasteiger partial charge on any atom is -0.475 e. The number of hydrogen-bond acceptors (Lipinski definition) is 7. The van der Waals surface area contributed by atoms with Gasteiger partial charge in [0.25, 0.3) is 0 Å². The Morgan fingerprint density at radius 3 is 1.87 bits per heavy atom. The predicted octanol–water partition coefficient (Wildman–Crippen LogP) is 4.39. The van der Waals surface area contributed by atoms with Crippen LogP contribution in [0, 0.1) is 0 Å². The molecule has 0 aliphatic carbocycles. The van der Waals surface area contributed by atoms with Crippen molar-refractivity contribution in [2.45, 2.75) is 56.3 Å². The fourth-order valence-corrected chi connectivity index (χ4v) is 3.97. The van der Waals surface area contributed by atoms with E-state index in [-0.39, 0.29) is 5.60 Å². The molecule has 2 fully saturated rings. The second kappa shape index (κ2) is 13.2. The summed E-state index contributed by atoms with van der Waals surface area (Å²) in [6, 6.07) is 8.47. The molecule has 15 heteroatoms. The van der Waals surface area contributed by atoms with Gasteiger partial charge in [0.2, 0.25) is 0 Å². The Labute approximate surface area is 213 Å². The average Bonchev–Trinajstić information content (AvgIpc) is 3.58. The summed E-state index contributed by atoms with van der Waals surface area (Å²) in [5.41, 5.74) is 0.0712. The van der Waals surface area contributed by atoms with Crippen molar-refractivity contribution in [3.8, 4) is 0 Å². The summed E-state index contributed by atoms with van der Waals surface area (Å²) in [6.07, 6.45) is -3.33. The highest BCUT2D eigenvalue weighted by Crippen LogP contribution is 2.38. The number of aliphatic carboxylic acids is 2. The fourth-order valence-electron chi connectivity index (χ4n) is 3.97. The molecule has 2 aliphatic heterocycles. The highest BCUT2D eigenvalue weighted by molar-refractivity contribution is 5.73. The lowest BCUT2D eigenvalue weighted by molar-refractivity contribution is -0.193. The smallest absolute Gasteiger partial charge is 0.475 e. The maximum atomic E-state index is 10.6. The van der Waals surface area contributed by atoms with Crippen LogP contribution in [-0.2, 0) is 27.4 Å². The van der Waals surface area contributed by atoms with Crippen LogP contribution in [-0.4, -0.2) is 82.7 Å². The van der Waals surface area contributed by atoms with Gasteiger partial charge in [-0.2, -0.15) is 26.3 Å². The third-order valence-corrected chi connectivity index (χ3v) is 6.01. The Bertz CT molecular complexity index is 961. The zero-order valence-electron chi connectivity index (χ0n) is 20.3. The molecule has 4 rings (SSSR count). The number of likely N-dealkylation sites (N-methyl/N-ethyl adjacent to an activating group) is 1. The summed E-state index contributed by atoms with van der Waals surface area (Å²) in [6.45, 7) is 4.74. The molecule has 1 spiro atoms. The van der Waals surface area contributed by atoms with E-state index in [1.807, 2.05) is 18.2 Å². The van der Waals surface area contributed by atoms with Crippen LogP contribution in [0.3, 0.4) is 0 Å². The number of carboxylic acid groups (broad SMARTS) is 2. The third kappa shape index (κ3) is 10.0. The highest BCUT2D eigenvalue weighted by atomic mass is 19.4. The van der Waals surface area contributed by atoms with E-state index in [1.165, 1.54) is 0 Å². The molecule has 1 unspecified atom stereocenters. The summed E-state index contributed by atoms with van der Waals surface area (Å²) >= 11 is 0. The van der Waals surface area contributed by atoms with E-state index < -0.39 is 24.3 Å². The van der Waals surface area contributed by atoms with Crippen LogP contribution in [0.5, 0.6) is 0 Å². The third-order valence-electron chi connectivity index (χ3n) is 6.01. The molecular weight excluding hydrogens is 530 g/mol. The van der Waals surface area contributed by atoms with Crippen molar-refractivity contribution >= 4 is 11.9 Å². The lowest BCUT2D eigenvalue weighted by atomic mass is 9.87. The number of piperidine rings is 1. The van der Waals surface area contributed by atoms with E-state index in [4.69, 9.17) is 33.4 Å². The molecule has 38 heavy (non-hydrogen) atoms. The number of likely N-dealkylation sites (tertiary alicyclic amines) is 1. The van der Waals surface area contributed by atoms with E-state index in [2.05, 4.69) is 22.9 Å². The summed E-state index contributed by atoms with van der Waals surface area (Å²) in [7, 11) is 2.17. The van der Waals surface area contributed by atoms with Crippen molar-refractivity contribution in [3.63, 3.8) is 0 Å². The predicted molar refractivity (Wildman–Crippen MR) is 118 cm³/mol. The lowest BCUT2D eigenvalue weighted by Crippen LogP contribution is -2.44. The first-order chi connectivity index (χ1) is 17.6. The maximum absolute atomic E-state index is 10.6. The molecule has 0 radical (unpaired) electrons. The lowest BCUT2D eigenvalue weighted by Gasteiger charge is -2.38. The normalized spacial score (nSPS) is 19.4. The molecule has 0 amide bonds. The van der Waals surface area contributed by atoms with E-state index in [0.29, 0.717) is 6.04 Å². The fraction of sp³-hybridized carbons (Fsp3) is 0.565. The van der Waals surface area contributed by atoms with Gasteiger partial charge in [-0.3, -0.25) is 9.80 Å². The zero-order chi connectivity index (χ0) is 28.6. The van der Waals surface area contributed by atoms with Gasteiger partial charge in [0.15, 0.2) is 0 Å². The zero-order valence-corrected chi connectivity index (χ0v) is 20.3. The van der Waals surface area contributed by atoms with Crippen LogP contribution in [0.15, 0.2) is 45.6 Å². The second-order valence-corrected chi connectivity index (χ2v) is 8.81. The first-order valence-electron chi connectivity index (χ1n) is 11.3. The van der Waals surface area contributed by atoms with Crippen LogP contribution in [0.1, 0.15) is 30.8 Å². The molecule has 2 aliphatic rings. The molecule has 2 N–H and O–H groups in total. The van der Waals surface area contributed by atoms with Crippen molar-refractivity contribution in [2.24, 2.45) is 0 Å². The van der Waals surface area contributed by atoms with E-state index in [0.717, 1.165) is 63.6 Å². The number of carbonyl (C=O) groups is 2. The SMILES string of the molecule is CN(Cc1ccco1)C1COC2(CCN(Cc3ccco3)CC2)C1.O=C(O)C(F)(F)F.O=C(O)C(F)(F)F. The van der Waals surface area contributed by atoms with Crippen molar-refractivity contribution in [3.05, 3.63) is 48.3 Å². The maximum Gasteiger partial charge on any atom is 0.490 e. The number of furan rings is 2. The minimum absolute atomic E-state index is 0.0712. The Morgan fingerprint density at radius 2 is 1.45 bits per heavy atom. The van der Waals surface area contributed by atoms with Gasteiger partial charge in [-0.1, -0.05) is 0 Å². The van der Waals surface area contributed by atoms with Gasteiger partial charge < -0.3 is 23.8 Å². The first-order valence-corrected chi connectivity index (χ1v) is 11.3. The van der Waals surface area contributed by atoms with E-state index in [9.17, 15) is 26.3 Å². The van der Waals surface area contributed by atoms with Gasteiger partial charge in [0, 0.05) is 19.1 Å². The summed E-state index contributed by atoms with van der Waals surface area (Å²) in [5, 5.41) is 14.2. The second-order valence-electron chi connectivity index (χ2n) is 8.81. The average molecular weight is 558 g/mol. The van der Waals surface area contributed by atoms with Gasteiger partial charge in [-0.05, 0) is 50.6 Å². The Kier molecular flexibility index (Phi) is 10.8. The number of ether oxygens (including phenoxy) is 1. The van der Waals surface area contributed by atoms with Crippen LogP contribution in [0.4, 0.5) is 26.3 Å². The van der Waals surface area contributed by atoms with Gasteiger partial charge in [0.05, 0.1) is 37.8 Å². The summed E-state index contributed by atoms with van der Waals surface area (Å²) < 4.78 is 80.7. The highest BCUT2D eigenvalue weighted by Gasteiger charge is 2.44. The van der Waals surface area contributed by atoms with Crippen LogP contribution in [0.2, 0.25) is 0 Å². The molecule has 4 heterocycles. The topological polar surface area (TPSA) is 117 Å². The molecule has 0 saturated carbocycles. The molecule has 2 aromatic rings. The van der Waals surface area contributed by atoms with Gasteiger partial charge >= 0.3 is 24.3 Å². The van der Waals surface area contributed by atoms with Gasteiger partial charge in [-0.15, -0.1) is 0 Å². The summed E-state index contributed by atoms with van der Waals surface area (Å²) in [5.74, 6) is -3.44. The largest absolute Gasteiger partial charge is 0.490 e. The number of hydrogen-bond donors (Lipinski definition) is 2. The molecule has 9 nitrogen and oxygen atoms in total. The minimum atomic E-state index is -5.08. The summed E-state index contributed by atoms with van der Waals surface area (Å²) in [4.78, 5) is 22.6. The monoisotopic (exact) mass is 558 g/mol. The van der Waals surface area contributed by atoms with Crippen molar-refractivity contribution in [1.82, 2.24) is 9.80 Å². The van der Waals surface area contributed by atoms with Crippen molar-refractivity contribution < 1.29 is 59.7 Å². The van der Waals surface area contributed by atoms with E-state index in [1.54, 1.807) is 12.5 Å². The van der Waals surface area contributed by atoms with Crippen LogP contribution >= 0.6 is 0 Å². The van der Waals surface area contributed by atoms with Crippen LogP contribution in [0.25, 0.3) is 0 Å². The molecule has 214 valence electrons. The Balaban J connectivity index is 0.000000301. The molecule has 2 aromatic heterocycles. The van der Waals surface area contributed by atoms with Crippen molar-refractivity contribution in [1.29, 1.82) is 0 Å². The Morgan fingerprint density at radius 1 is 0.974 bits per heavy atom. The number of carboxylic acids is 2. The van der Waals surface area contributed by atoms with Crippen molar-refractivity contribution in [2.75, 3.05) is 26.7 Å². The molecular formula is C23H28F6N2O7. The first kappa shape index (κ1) is 31.2. The van der Waals surface area contributed by atoms with Gasteiger partial charge in [0.1, 0.15) is 11.5 Å². The molecule has 1 atom stereocenters. The van der Waals surface area contributed by atoms with Gasteiger partial charge in [-0.25, -0.2) is 9.59 Å². The van der Waals surface area contributed by atoms with E-state index >= 15 is 0 Å². The molecule has 0 bridgehead atoms. The molecule has 2 saturated heterocycles. The number of halogens is 6. The molecule has 0 aromatic carbocycles. The standard InChI is InChI=1S/C19H26N2O3.2C2HF3O2/c1-20(13-17-4-2-10-22-17)16-12-19(24-15-16)6-8-21(9-7-19)14-18-5-3-11-23-18;2*3-2(4,5)1(6)7/h2-5,10-11,16H,6-9,12-15H2,1H3;2*(H,6,7). The number of rotatable bonds is 5.